The summed E-state index contributed by atoms with van der Waals surface area (Å²) in [6.07, 6.45) is 18.5. The van der Waals surface area contributed by atoms with Gasteiger partial charge in [0.05, 0.1) is 0 Å². The van der Waals surface area contributed by atoms with Crippen molar-refractivity contribution in [1.29, 1.82) is 0 Å². The molecular weight excluding hydrogens is 368 g/mol. The Morgan fingerprint density at radius 2 is 1.62 bits per heavy atom. The molecule has 2 rings (SSSR count). The van der Waals surface area contributed by atoms with E-state index < -0.39 is 10.0 Å². The molecule has 0 heterocycles. The predicted octanol–water partition coefficient (Wildman–Crippen LogP) is 8.95. The Bertz CT molecular complexity index is 571. The number of allylic oxidation sites excluding steroid dienone is 1. The molecule has 0 radical (unpaired) electrons. The van der Waals surface area contributed by atoms with Crippen LogP contribution in [0.3, 0.4) is 0 Å². The Morgan fingerprint density at radius 1 is 1.00 bits per heavy atom. The molecule has 0 spiro atoms. The maximum atomic E-state index is 4.59. The smallest absolute Gasteiger partial charge is 0.0199 e. The molecule has 2 bridgehead atoms. The van der Waals surface area contributed by atoms with Gasteiger partial charge >= 0.3 is 0 Å². The standard InChI is InChI=1S/C28H54S/c1-12-26(7)17-21(3)16-23(5)22(4)14-15-27(8)20-28(13-2,19-26)24(6)25(27)18-29(9,10)11/h21,23-25H,4,12-20H2,1-3,5-11H3/t21-,23?,24?,25+,26?,27?,28?/m0/s1. The van der Waals surface area contributed by atoms with Gasteiger partial charge in [-0.2, -0.15) is 0 Å². The minimum atomic E-state index is -0.498. The lowest BCUT2D eigenvalue weighted by Crippen LogP contribution is -2.35. The van der Waals surface area contributed by atoms with Crippen LogP contribution < -0.4 is 0 Å². The summed E-state index contributed by atoms with van der Waals surface area (Å²) in [6.45, 7) is 22.5. The Hall–Kier alpha value is 0.0900. The van der Waals surface area contributed by atoms with Crippen LogP contribution in [0.5, 0.6) is 0 Å². The number of hydrogen-bond donors (Lipinski definition) is 0. The van der Waals surface area contributed by atoms with Gasteiger partial charge in [0.25, 0.3) is 0 Å². The molecule has 0 aromatic rings. The zero-order valence-electron chi connectivity index (χ0n) is 21.8. The highest BCUT2D eigenvalue weighted by Crippen LogP contribution is 2.66. The molecule has 2 saturated carbocycles. The van der Waals surface area contributed by atoms with Crippen molar-refractivity contribution in [2.24, 2.45) is 39.9 Å². The highest BCUT2D eigenvalue weighted by Gasteiger charge is 2.57. The second-order valence-corrected chi connectivity index (χ2v) is 17.7. The van der Waals surface area contributed by atoms with Crippen molar-refractivity contribution in [2.45, 2.75) is 99.8 Å². The van der Waals surface area contributed by atoms with Crippen molar-refractivity contribution < 1.29 is 0 Å². The van der Waals surface area contributed by atoms with Gasteiger partial charge in [-0.05, 0) is 103 Å². The van der Waals surface area contributed by atoms with Crippen molar-refractivity contribution >= 4 is 10.0 Å². The number of hydrogen-bond acceptors (Lipinski definition) is 0. The maximum absolute atomic E-state index is 4.59. The van der Waals surface area contributed by atoms with Gasteiger partial charge in [-0.15, -0.1) is 0 Å². The van der Waals surface area contributed by atoms with Crippen molar-refractivity contribution in [1.82, 2.24) is 0 Å². The fourth-order valence-corrected chi connectivity index (χ4v) is 9.43. The molecule has 0 saturated heterocycles. The van der Waals surface area contributed by atoms with E-state index in [9.17, 15) is 0 Å². The summed E-state index contributed by atoms with van der Waals surface area (Å²) in [5.74, 6) is 4.65. The highest BCUT2D eigenvalue weighted by molar-refractivity contribution is 8.32. The third kappa shape index (κ3) is 5.67. The van der Waals surface area contributed by atoms with Crippen molar-refractivity contribution in [3.63, 3.8) is 0 Å². The van der Waals surface area contributed by atoms with Gasteiger partial charge in [0.1, 0.15) is 0 Å². The summed E-state index contributed by atoms with van der Waals surface area (Å²) in [6, 6.07) is 0. The Labute approximate surface area is 186 Å². The highest BCUT2D eigenvalue weighted by atomic mass is 32.3. The fourth-order valence-electron chi connectivity index (χ4n) is 7.66. The summed E-state index contributed by atoms with van der Waals surface area (Å²) < 4.78 is 0. The summed E-state index contributed by atoms with van der Waals surface area (Å²) >= 11 is 0. The molecule has 172 valence electrons. The third-order valence-electron chi connectivity index (χ3n) is 9.55. The lowest BCUT2D eigenvalue weighted by atomic mass is 9.61. The molecule has 2 aliphatic rings. The van der Waals surface area contributed by atoms with Gasteiger partial charge in [0.2, 0.25) is 0 Å². The van der Waals surface area contributed by atoms with Crippen molar-refractivity contribution in [3.8, 4) is 0 Å². The van der Waals surface area contributed by atoms with Crippen molar-refractivity contribution in [3.05, 3.63) is 12.2 Å². The predicted molar refractivity (Wildman–Crippen MR) is 137 cm³/mol. The van der Waals surface area contributed by atoms with E-state index in [4.69, 9.17) is 0 Å². The molecule has 0 nitrogen and oxygen atoms in total. The quantitative estimate of drug-likeness (QED) is 0.396. The van der Waals surface area contributed by atoms with Crippen LogP contribution in [0.2, 0.25) is 0 Å². The van der Waals surface area contributed by atoms with Gasteiger partial charge in [0, 0.05) is 0 Å². The van der Waals surface area contributed by atoms with E-state index in [2.05, 4.69) is 73.8 Å². The fraction of sp³-hybridized carbons (Fsp3) is 0.929. The lowest BCUT2D eigenvalue weighted by molar-refractivity contribution is 0.0660. The Balaban J connectivity index is 2.51. The van der Waals surface area contributed by atoms with Gasteiger partial charge in [-0.3, -0.25) is 0 Å². The summed E-state index contributed by atoms with van der Waals surface area (Å²) in [5.41, 5.74) is 3.02. The maximum Gasteiger partial charge on any atom is -0.0199 e. The first-order chi connectivity index (χ1) is 13.2. The topological polar surface area (TPSA) is 0 Å². The van der Waals surface area contributed by atoms with E-state index >= 15 is 0 Å². The molecule has 0 aromatic carbocycles. The van der Waals surface area contributed by atoms with E-state index in [1.807, 2.05) is 0 Å². The van der Waals surface area contributed by atoms with Crippen LogP contribution >= 0.6 is 10.0 Å². The zero-order chi connectivity index (χ0) is 22.3. The average Bonchev–Trinajstić information content (AvgIpc) is 2.79. The van der Waals surface area contributed by atoms with Crippen LogP contribution in [0.25, 0.3) is 0 Å². The van der Waals surface area contributed by atoms with E-state index in [1.165, 1.54) is 62.7 Å². The SMILES string of the molecule is C=C1CCC2(C)CC(CC)(CC(C)(CC)C[C@@H](C)CC1C)C(C)[C@H]2CS(C)(C)C. The zero-order valence-corrected chi connectivity index (χ0v) is 22.6. The largest absolute Gasteiger partial charge is 0.249 e. The van der Waals surface area contributed by atoms with Gasteiger partial charge in [-0.25, -0.2) is 10.0 Å². The molecule has 0 N–H and O–H groups in total. The van der Waals surface area contributed by atoms with E-state index in [0.29, 0.717) is 22.2 Å². The lowest BCUT2D eigenvalue weighted by Gasteiger charge is -2.44. The van der Waals surface area contributed by atoms with Gasteiger partial charge in [-0.1, -0.05) is 73.5 Å². The molecule has 2 aliphatic carbocycles. The van der Waals surface area contributed by atoms with Crippen molar-refractivity contribution in [2.75, 3.05) is 24.5 Å². The molecule has 0 aliphatic heterocycles. The first-order valence-corrected chi connectivity index (χ1v) is 15.6. The monoisotopic (exact) mass is 422 g/mol. The van der Waals surface area contributed by atoms with Crippen LogP contribution in [-0.4, -0.2) is 24.5 Å². The van der Waals surface area contributed by atoms with Crippen LogP contribution in [0.1, 0.15) is 99.8 Å². The molecule has 29 heavy (non-hydrogen) atoms. The molecular formula is C28H54S. The van der Waals surface area contributed by atoms with E-state index in [1.54, 1.807) is 0 Å². The first-order valence-electron chi connectivity index (χ1n) is 12.5. The normalized spacial score (nSPS) is 45.5. The first kappa shape index (κ1) is 25.4. The molecule has 0 aromatic heterocycles. The Kier molecular flexibility index (Phi) is 7.79. The molecule has 2 fully saturated rings. The van der Waals surface area contributed by atoms with Gasteiger partial charge in [0.15, 0.2) is 0 Å². The third-order valence-corrected chi connectivity index (χ3v) is 10.9. The van der Waals surface area contributed by atoms with E-state index in [0.717, 1.165) is 17.8 Å². The second kappa shape index (κ2) is 8.91. The average molecular weight is 423 g/mol. The van der Waals surface area contributed by atoms with Crippen LogP contribution in [0.4, 0.5) is 0 Å². The number of rotatable bonds is 4. The van der Waals surface area contributed by atoms with Gasteiger partial charge < -0.3 is 0 Å². The van der Waals surface area contributed by atoms with Crippen LogP contribution in [0.15, 0.2) is 12.2 Å². The van der Waals surface area contributed by atoms with Crippen LogP contribution in [0, 0.1) is 39.9 Å². The van der Waals surface area contributed by atoms with Crippen LogP contribution in [-0.2, 0) is 0 Å². The minimum absolute atomic E-state index is 0.480. The summed E-state index contributed by atoms with van der Waals surface area (Å²) in [7, 11) is -0.498. The molecule has 5 unspecified atom stereocenters. The Morgan fingerprint density at radius 3 is 2.14 bits per heavy atom. The summed E-state index contributed by atoms with van der Waals surface area (Å²) in [4.78, 5) is 0. The number of fused-ring (bicyclic) bond motifs is 2. The minimum Gasteiger partial charge on any atom is -0.249 e. The molecule has 1 heteroatoms. The molecule has 0 amide bonds. The molecule has 7 atom stereocenters. The summed E-state index contributed by atoms with van der Waals surface area (Å²) in [5, 5.41) is 0. The second-order valence-electron chi connectivity index (χ2n) is 13.1. The van der Waals surface area contributed by atoms with E-state index in [-0.39, 0.29) is 0 Å².